The highest BCUT2D eigenvalue weighted by Gasteiger charge is 2.41. The van der Waals surface area contributed by atoms with Gasteiger partial charge in [0, 0.05) is 10.6 Å². The second-order valence-corrected chi connectivity index (χ2v) is 8.51. The number of imide groups is 1. The number of hydrogen-bond acceptors (Lipinski definition) is 4. The minimum atomic E-state index is -0.425. The molecule has 0 aliphatic carbocycles. The molecule has 30 heavy (non-hydrogen) atoms. The fourth-order valence-electron chi connectivity index (χ4n) is 3.36. The molecular formula is C24H19ClN2O2S. The molecule has 0 bridgehead atoms. The van der Waals surface area contributed by atoms with Gasteiger partial charge in [0.15, 0.2) is 0 Å². The van der Waals surface area contributed by atoms with Gasteiger partial charge >= 0.3 is 0 Å². The molecule has 0 unspecified atom stereocenters. The summed E-state index contributed by atoms with van der Waals surface area (Å²) in [4.78, 5) is 29.0. The van der Waals surface area contributed by atoms with Gasteiger partial charge in [0.25, 0.3) is 11.8 Å². The van der Waals surface area contributed by atoms with Gasteiger partial charge in [-0.1, -0.05) is 59.8 Å². The van der Waals surface area contributed by atoms with Gasteiger partial charge in [-0.2, -0.15) is 0 Å². The molecule has 4 nitrogen and oxygen atoms in total. The monoisotopic (exact) mass is 434 g/mol. The van der Waals surface area contributed by atoms with E-state index in [1.165, 1.54) is 11.8 Å². The topological polar surface area (TPSA) is 49.4 Å². The summed E-state index contributed by atoms with van der Waals surface area (Å²) in [6.45, 7) is 3.98. The van der Waals surface area contributed by atoms with Crippen LogP contribution in [0.3, 0.4) is 0 Å². The summed E-state index contributed by atoms with van der Waals surface area (Å²) in [5.74, 6) is -0.820. The fraction of sp³-hybridized carbons (Fsp3) is 0.0833. The minimum Gasteiger partial charge on any atom is -0.350 e. The van der Waals surface area contributed by atoms with Crippen LogP contribution in [-0.2, 0) is 9.59 Å². The number of hydrogen-bond donors (Lipinski definition) is 1. The van der Waals surface area contributed by atoms with Crippen molar-refractivity contribution in [3.8, 4) is 0 Å². The predicted octanol–water partition coefficient (Wildman–Crippen LogP) is 5.95. The molecule has 4 rings (SSSR count). The molecule has 0 saturated carbocycles. The summed E-state index contributed by atoms with van der Waals surface area (Å²) in [7, 11) is 0. The molecule has 3 aromatic rings. The van der Waals surface area contributed by atoms with E-state index in [1.807, 2.05) is 56.3 Å². The molecular weight excluding hydrogens is 416 g/mol. The first-order valence-electron chi connectivity index (χ1n) is 9.40. The molecule has 1 heterocycles. The van der Waals surface area contributed by atoms with Crippen LogP contribution in [-0.4, -0.2) is 11.8 Å². The Balaban J connectivity index is 1.78. The number of anilines is 2. The normalized spacial score (nSPS) is 13.9. The average molecular weight is 435 g/mol. The molecule has 0 atom stereocenters. The fourth-order valence-corrected chi connectivity index (χ4v) is 4.53. The van der Waals surface area contributed by atoms with Gasteiger partial charge in [0.2, 0.25) is 0 Å². The lowest BCUT2D eigenvalue weighted by Gasteiger charge is -2.16. The molecule has 0 spiro atoms. The smallest absolute Gasteiger partial charge is 0.283 e. The zero-order valence-electron chi connectivity index (χ0n) is 16.5. The van der Waals surface area contributed by atoms with Gasteiger partial charge in [-0.3, -0.25) is 9.59 Å². The number of carbonyl (C=O) groups excluding carboxylic acids is 2. The van der Waals surface area contributed by atoms with Crippen LogP contribution in [0.1, 0.15) is 11.1 Å². The standard InChI is InChI=1S/C24H19ClN2O2S/c1-15-12-16(2)14-17(13-15)26-21-22(30-18-8-4-3-5-9-18)24(29)27(23(21)28)20-11-7-6-10-19(20)25/h3-14,26H,1-2H3. The zero-order valence-corrected chi connectivity index (χ0v) is 18.1. The molecule has 150 valence electrons. The van der Waals surface area contributed by atoms with Gasteiger partial charge in [-0.15, -0.1) is 0 Å². The highest BCUT2D eigenvalue weighted by Crippen LogP contribution is 2.39. The molecule has 0 radical (unpaired) electrons. The first kappa shape index (κ1) is 20.3. The largest absolute Gasteiger partial charge is 0.350 e. The van der Waals surface area contributed by atoms with Crippen molar-refractivity contribution in [1.82, 2.24) is 0 Å². The third kappa shape index (κ3) is 3.99. The van der Waals surface area contributed by atoms with Crippen molar-refractivity contribution in [2.75, 3.05) is 10.2 Å². The van der Waals surface area contributed by atoms with Gasteiger partial charge < -0.3 is 5.32 Å². The second kappa shape index (κ2) is 8.38. The van der Waals surface area contributed by atoms with Crippen LogP contribution in [0, 0.1) is 13.8 Å². The maximum atomic E-state index is 13.4. The SMILES string of the molecule is Cc1cc(C)cc(NC2=C(Sc3ccccc3)C(=O)N(c3ccccc3Cl)C2=O)c1. The Morgan fingerprint density at radius 2 is 1.47 bits per heavy atom. The van der Waals surface area contributed by atoms with Crippen LogP contribution in [0.25, 0.3) is 0 Å². The van der Waals surface area contributed by atoms with Crippen molar-refractivity contribution in [1.29, 1.82) is 0 Å². The summed E-state index contributed by atoms with van der Waals surface area (Å²) < 4.78 is 0. The lowest BCUT2D eigenvalue weighted by Crippen LogP contribution is -2.32. The maximum Gasteiger partial charge on any atom is 0.283 e. The Morgan fingerprint density at radius 1 is 0.833 bits per heavy atom. The van der Waals surface area contributed by atoms with Crippen molar-refractivity contribution in [2.24, 2.45) is 0 Å². The average Bonchev–Trinajstić information content (AvgIpc) is 2.93. The van der Waals surface area contributed by atoms with Gasteiger partial charge in [-0.05, 0) is 61.4 Å². The van der Waals surface area contributed by atoms with E-state index in [9.17, 15) is 9.59 Å². The lowest BCUT2D eigenvalue weighted by molar-refractivity contribution is -0.120. The number of nitrogens with one attached hydrogen (secondary N) is 1. The molecule has 0 fully saturated rings. The van der Waals surface area contributed by atoms with Crippen molar-refractivity contribution >= 4 is 46.6 Å². The van der Waals surface area contributed by atoms with Gasteiger partial charge in [0.05, 0.1) is 10.7 Å². The van der Waals surface area contributed by atoms with E-state index in [2.05, 4.69) is 11.4 Å². The Bertz CT molecular complexity index is 1150. The molecule has 3 aromatic carbocycles. The Kier molecular flexibility index (Phi) is 5.66. The van der Waals surface area contributed by atoms with E-state index in [4.69, 9.17) is 11.6 Å². The first-order valence-corrected chi connectivity index (χ1v) is 10.6. The number of rotatable bonds is 5. The molecule has 1 aliphatic heterocycles. The number of aryl methyl sites for hydroxylation is 2. The van der Waals surface area contributed by atoms with Crippen LogP contribution in [0.15, 0.2) is 88.3 Å². The lowest BCUT2D eigenvalue weighted by atomic mass is 10.1. The molecule has 0 aromatic heterocycles. The third-order valence-corrected chi connectivity index (χ3v) is 6.00. The summed E-state index contributed by atoms with van der Waals surface area (Å²) in [6, 6.07) is 22.3. The quantitative estimate of drug-likeness (QED) is 0.504. The minimum absolute atomic E-state index is 0.249. The number of halogens is 1. The van der Waals surface area contributed by atoms with E-state index in [0.29, 0.717) is 15.6 Å². The van der Waals surface area contributed by atoms with E-state index in [1.54, 1.807) is 24.3 Å². The number of nitrogens with zero attached hydrogens (tertiary/aromatic N) is 1. The molecule has 0 saturated heterocycles. The molecule has 1 aliphatic rings. The summed E-state index contributed by atoms with van der Waals surface area (Å²) >= 11 is 7.57. The van der Waals surface area contributed by atoms with Crippen molar-refractivity contribution in [3.63, 3.8) is 0 Å². The second-order valence-electron chi connectivity index (χ2n) is 7.02. The molecule has 2 amide bonds. The highest BCUT2D eigenvalue weighted by molar-refractivity contribution is 8.04. The highest BCUT2D eigenvalue weighted by atomic mass is 35.5. The number of amides is 2. The molecule has 6 heteroatoms. The summed E-state index contributed by atoms with van der Waals surface area (Å²) in [5, 5.41) is 3.54. The first-order chi connectivity index (χ1) is 14.4. The van der Waals surface area contributed by atoms with Gasteiger partial charge in [-0.25, -0.2) is 4.90 Å². The number of carbonyl (C=O) groups is 2. The maximum absolute atomic E-state index is 13.4. The molecule has 1 N–H and O–H groups in total. The number of benzene rings is 3. The van der Waals surface area contributed by atoms with Crippen LogP contribution >= 0.6 is 23.4 Å². The summed E-state index contributed by atoms with van der Waals surface area (Å²) in [5.41, 5.74) is 3.51. The zero-order chi connectivity index (χ0) is 21.3. The van der Waals surface area contributed by atoms with Crippen LogP contribution in [0.4, 0.5) is 11.4 Å². The van der Waals surface area contributed by atoms with Crippen LogP contribution in [0.5, 0.6) is 0 Å². The third-order valence-electron chi connectivity index (χ3n) is 4.59. The summed E-state index contributed by atoms with van der Waals surface area (Å²) in [6.07, 6.45) is 0. The Hall–Kier alpha value is -3.02. The van der Waals surface area contributed by atoms with E-state index >= 15 is 0 Å². The van der Waals surface area contributed by atoms with Crippen LogP contribution < -0.4 is 10.2 Å². The van der Waals surface area contributed by atoms with Gasteiger partial charge in [0.1, 0.15) is 10.6 Å². The van der Waals surface area contributed by atoms with E-state index < -0.39 is 11.8 Å². The Morgan fingerprint density at radius 3 is 2.13 bits per heavy atom. The number of para-hydroxylation sites is 1. The van der Waals surface area contributed by atoms with Crippen molar-refractivity contribution < 1.29 is 9.59 Å². The Labute approximate surface area is 184 Å². The van der Waals surface area contributed by atoms with Crippen molar-refractivity contribution in [3.05, 3.63) is 99.5 Å². The number of thioether (sulfide) groups is 1. The van der Waals surface area contributed by atoms with Crippen molar-refractivity contribution in [2.45, 2.75) is 18.7 Å². The van der Waals surface area contributed by atoms with Crippen LogP contribution in [0.2, 0.25) is 5.02 Å². The van der Waals surface area contributed by atoms with E-state index in [0.717, 1.165) is 26.6 Å². The van der Waals surface area contributed by atoms with E-state index in [-0.39, 0.29) is 5.70 Å². The predicted molar refractivity (Wildman–Crippen MR) is 123 cm³/mol.